The summed E-state index contributed by atoms with van der Waals surface area (Å²) in [7, 11) is 0. The third kappa shape index (κ3) is 5.07. The first kappa shape index (κ1) is 15.1. The first-order chi connectivity index (χ1) is 9.04. The number of hydrogen-bond acceptors (Lipinski definition) is 4. The Morgan fingerprint density at radius 2 is 2.05 bits per heavy atom. The molecule has 0 saturated carbocycles. The van der Waals surface area contributed by atoms with Gasteiger partial charge in [-0.1, -0.05) is 13.3 Å². The fourth-order valence-electron chi connectivity index (χ4n) is 1.41. The van der Waals surface area contributed by atoms with Gasteiger partial charge in [0.2, 0.25) is 0 Å². The van der Waals surface area contributed by atoms with E-state index in [9.17, 15) is 14.0 Å². The molecule has 4 nitrogen and oxygen atoms in total. The molecule has 0 unspecified atom stereocenters. The van der Waals surface area contributed by atoms with Crippen LogP contribution >= 0.6 is 0 Å². The lowest BCUT2D eigenvalue weighted by Gasteiger charge is -2.09. The third-order valence-corrected chi connectivity index (χ3v) is 2.43. The molecule has 0 aliphatic rings. The molecule has 0 spiro atoms. The normalized spacial score (nSPS) is 10.1. The van der Waals surface area contributed by atoms with E-state index in [-0.39, 0.29) is 23.7 Å². The lowest BCUT2D eigenvalue weighted by molar-refractivity contribution is -0.146. The average molecular weight is 268 g/mol. The minimum Gasteiger partial charge on any atom is -0.481 e. The standard InChI is InChI=1S/C14H17FO4/c1-3-4-7-18-14(17)9-19-13-6-5-11(15)8-12(13)10(2)16/h5-6,8H,3-4,7,9H2,1-2H3. The number of unbranched alkanes of at least 4 members (excludes halogenated alkanes) is 1. The Balaban J connectivity index is 2.57. The highest BCUT2D eigenvalue weighted by Gasteiger charge is 2.12. The molecule has 0 amide bonds. The Hall–Kier alpha value is -1.91. The second kappa shape index (κ2) is 7.51. The van der Waals surface area contributed by atoms with Gasteiger partial charge in [-0.15, -0.1) is 0 Å². The minimum atomic E-state index is -0.525. The van der Waals surface area contributed by atoms with Crippen LogP contribution in [0.25, 0.3) is 0 Å². The van der Waals surface area contributed by atoms with Crippen molar-refractivity contribution in [3.05, 3.63) is 29.6 Å². The number of halogens is 1. The van der Waals surface area contributed by atoms with Crippen molar-refractivity contribution in [2.24, 2.45) is 0 Å². The zero-order chi connectivity index (χ0) is 14.3. The van der Waals surface area contributed by atoms with Gasteiger partial charge in [-0.25, -0.2) is 9.18 Å². The molecule has 0 heterocycles. The molecule has 0 aliphatic heterocycles. The summed E-state index contributed by atoms with van der Waals surface area (Å²) >= 11 is 0. The van der Waals surface area contributed by atoms with E-state index in [0.29, 0.717) is 6.61 Å². The molecule has 0 fully saturated rings. The Kier molecular flexibility index (Phi) is 5.99. The van der Waals surface area contributed by atoms with E-state index < -0.39 is 11.8 Å². The average Bonchev–Trinajstić information content (AvgIpc) is 2.37. The van der Waals surface area contributed by atoms with Crippen molar-refractivity contribution in [2.75, 3.05) is 13.2 Å². The number of ketones is 1. The number of esters is 1. The number of rotatable bonds is 7. The molecule has 0 saturated heterocycles. The van der Waals surface area contributed by atoms with Crippen LogP contribution in [0.4, 0.5) is 4.39 Å². The van der Waals surface area contributed by atoms with Crippen molar-refractivity contribution in [2.45, 2.75) is 26.7 Å². The van der Waals surface area contributed by atoms with Crippen LogP contribution in [0.15, 0.2) is 18.2 Å². The van der Waals surface area contributed by atoms with Gasteiger partial charge in [-0.05, 0) is 31.5 Å². The Morgan fingerprint density at radius 1 is 1.32 bits per heavy atom. The number of carbonyl (C=O) groups is 2. The summed E-state index contributed by atoms with van der Waals surface area (Å²) in [6.07, 6.45) is 1.72. The Labute approximate surface area is 111 Å². The second-order valence-corrected chi connectivity index (χ2v) is 4.06. The van der Waals surface area contributed by atoms with Crippen LogP contribution in [0.1, 0.15) is 37.0 Å². The van der Waals surface area contributed by atoms with Crippen LogP contribution in [0.5, 0.6) is 5.75 Å². The summed E-state index contributed by atoms with van der Waals surface area (Å²) < 4.78 is 23.1. The molecule has 0 aliphatic carbocycles. The van der Waals surface area contributed by atoms with E-state index in [1.165, 1.54) is 19.1 Å². The summed E-state index contributed by atoms with van der Waals surface area (Å²) in [5.74, 6) is -1.18. The summed E-state index contributed by atoms with van der Waals surface area (Å²) in [4.78, 5) is 22.6. The van der Waals surface area contributed by atoms with Crippen molar-refractivity contribution in [3.8, 4) is 5.75 Å². The number of ether oxygens (including phenoxy) is 2. The van der Waals surface area contributed by atoms with E-state index in [4.69, 9.17) is 9.47 Å². The summed E-state index contributed by atoms with van der Waals surface area (Å²) in [5, 5.41) is 0. The molecule has 0 atom stereocenters. The third-order valence-electron chi connectivity index (χ3n) is 2.43. The SMILES string of the molecule is CCCCOC(=O)COc1ccc(F)cc1C(C)=O. The Bertz CT molecular complexity index is 457. The minimum absolute atomic E-state index is 0.112. The van der Waals surface area contributed by atoms with Gasteiger partial charge in [0, 0.05) is 0 Å². The van der Waals surface area contributed by atoms with Crippen LogP contribution in [-0.2, 0) is 9.53 Å². The predicted molar refractivity (Wildman–Crippen MR) is 67.8 cm³/mol. The zero-order valence-electron chi connectivity index (χ0n) is 11.1. The largest absolute Gasteiger partial charge is 0.481 e. The molecule has 0 radical (unpaired) electrons. The summed E-state index contributed by atoms with van der Waals surface area (Å²) in [6, 6.07) is 3.58. The van der Waals surface area contributed by atoms with Crippen LogP contribution in [0, 0.1) is 5.82 Å². The maximum absolute atomic E-state index is 13.0. The topological polar surface area (TPSA) is 52.6 Å². The highest BCUT2D eigenvalue weighted by atomic mass is 19.1. The first-order valence-corrected chi connectivity index (χ1v) is 6.13. The van der Waals surface area contributed by atoms with E-state index in [1.807, 2.05) is 6.92 Å². The van der Waals surface area contributed by atoms with Gasteiger partial charge in [0.05, 0.1) is 12.2 Å². The highest BCUT2D eigenvalue weighted by Crippen LogP contribution is 2.20. The lowest BCUT2D eigenvalue weighted by atomic mass is 10.1. The molecule has 1 aromatic rings. The zero-order valence-corrected chi connectivity index (χ0v) is 11.1. The molecule has 1 aromatic carbocycles. The van der Waals surface area contributed by atoms with E-state index >= 15 is 0 Å². The van der Waals surface area contributed by atoms with Gasteiger partial charge < -0.3 is 9.47 Å². The first-order valence-electron chi connectivity index (χ1n) is 6.13. The Morgan fingerprint density at radius 3 is 2.68 bits per heavy atom. The van der Waals surface area contributed by atoms with Gasteiger partial charge in [0.25, 0.3) is 0 Å². The number of Topliss-reactive ketones (excluding diaryl/α,β-unsaturated/α-hetero) is 1. The van der Waals surface area contributed by atoms with Gasteiger partial charge in [-0.2, -0.15) is 0 Å². The number of benzene rings is 1. The van der Waals surface area contributed by atoms with Gasteiger partial charge in [0.1, 0.15) is 11.6 Å². The molecular weight excluding hydrogens is 251 g/mol. The molecule has 0 bridgehead atoms. The van der Waals surface area contributed by atoms with E-state index in [0.717, 1.165) is 18.9 Å². The fraction of sp³-hybridized carbons (Fsp3) is 0.429. The van der Waals surface area contributed by atoms with Gasteiger partial charge >= 0.3 is 5.97 Å². The summed E-state index contributed by atoms with van der Waals surface area (Å²) in [5.41, 5.74) is 0.112. The van der Waals surface area contributed by atoms with E-state index in [1.54, 1.807) is 0 Å². The van der Waals surface area contributed by atoms with Crippen molar-refractivity contribution >= 4 is 11.8 Å². The van der Waals surface area contributed by atoms with Gasteiger partial charge in [0.15, 0.2) is 12.4 Å². The number of hydrogen-bond donors (Lipinski definition) is 0. The van der Waals surface area contributed by atoms with Crippen molar-refractivity contribution in [3.63, 3.8) is 0 Å². The van der Waals surface area contributed by atoms with Crippen LogP contribution in [0.3, 0.4) is 0 Å². The molecule has 5 heteroatoms. The smallest absolute Gasteiger partial charge is 0.344 e. The number of carbonyl (C=O) groups excluding carboxylic acids is 2. The molecule has 0 aromatic heterocycles. The van der Waals surface area contributed by atoms with E-state index in [2.05, 4.69) is 0 Å². The molecular formula is C14H17FO4. The molecule has 1 rings (SSSR count). The molecule has 104 valence electrons. The second-order valence-electron chi connectivity index (χ2n) is 4.06. The molecule has 19 heavy (non-hydrogen) atoms. The monoisotopic (exact) mass is 268 g/mol. The van der Waals surface area contributed by atoms with Crippen LogP contribution in [0.2, 0.25) is 0 Å². The maximum Gasteiger partial charge on any atom is 0.344 e. The molecule has 0 N–H and O–H groups in total. The van der Waals surface area contributed by atoms with Crippen molar-refractivity contribution in [1.82, 2.24) is 0 Å². The summed E-state index contributed by atoms with van der Waals surface area (Å²) in [6.45, 7) is 3.35. The van der Waals surface area contributed by atoms with Crippen LogP contribution < -0.4 is 4.74 Å². The lowest BCUT2D eigenvalue weighted by Crippen LogP contribution is -2.16. The van der Waals surface area contributed by atoms with Crippen molar-refractivity contribution in [1.29, 1.82) is 0 Å². The van der Waals surface area contributed by atoms with Crippen molar-refractivity contribution < 1.29 is 23.5 Å². The van der Waals surface area contributed by atoms with Gasteiger partial charge in [-0.3, -0.25) is 4.79 Å². The van der Waals surface area contributed by atoms with Crippen LogP contribution in [-0.4, -0.2) is 25.0 Å². The maximum atomic E-state index is 13.0. The fourth-order valence-corrected chi connectivity index (χ4v) is 1.41. The quantitative estimate of drug-likeness (QED) is 0.433. The predicted octanol–water partition coefficient (Wildman–Crippen LogP) is 2.75. The highest BCUT2D eigenvalue weighted by molar-refractivity contribution is 5.96.